The Hall–Kier alpha value is -2.01. The smallest absolute Gasteiger partial charge is 0.246 e. The Morgan fingerprint density at radius 1 is 0.964 bits per heavy atom. The number of aromatic nitrogens is 2. The van der Waals surface area contributed by atoms with Crippen molar-refractivity contribution in [2.75, 3.05) is 26.2 Å². The minimum absolute atomic E-state index is 0.102. The quantitative estimate of drug-likeness (QED) is 0.787. The summed E-state index contributed by atoms with van der Waals surface area (Å²) in [6.07, 6.45) is 1.97. The summed E-state index contributed by atoms with van der Waals surface area (Å²) >= 11 is 0. The Labute approximate surface area is 166 Å². The van der Waals surface area contributed by atoms with Gasteiger partial charge in [-0.1, -0.05) is 30.3 Å². The lowest BCUT2D eigenvalue weighted by Gasteiger charge is -2.21. The number of nitrogens with one attached hydrogen (secondary N) is 1. The van der Waals surface area contributed by atoms with Crippen molar-refractivity contribution in [1.82, 2.24) is 18.8 Å². The van der Waals surface area contributed by atoms with Crippen molar-refractivity contribution >= 4 is 26.1 Å². The molecule has 10 heteroatoms. The van der Waals surface area contributed by atoms with Crippen LogP contribution in [0.5, 0.6) is 0 Å². The summed E-state index contributed by atoms with van der Waals surface area (Å²) in [4.78, 5) is 0.174. The van der Waals surface area contributed by atoms with Gasteiger partial charge in [-0.2, -0.15) is 13.7 Å². The van der Waals surface area contributed by atoms with E-state index in [4.69, 9.17) is 0 Å². The number of rotatable bonds is 5. The Kier molecular flexibility index (Phi) is 6.04. The third-order valence-electron chi connectivity index (χ3n) is 4.66. The van der Waals surface area contributed by atoms with E-state index in [0.29, 0.717) is 17.8 Å². The van der Waals surface area contributed by atoms with Crippen LogP contribution in [0.3, 0.4) is 0 Å². The van der Waals surface area contributed by atoms with E-state index in [0.717, 1.165) is 5.56 Å². The SMILES string of the molecule is Cc1n[nH]c(C)c1S(=O)(=O)N1CCCN(S(=O)(=O)/C=C/c2ccccc2)CC1. The summed E-state index contributed by atoms with van der Waals surface area (Å²) in [7, 11) is -7.36. The average molecular weight is 425 g/mol. The second-order valence-corrected chi connectivity index (χ2v) is 10.4. The molecule has 0 amide bonds. The lowest BCUT2D eigenvalue weighted by Crippen LogP contribution is -2.37. The lowest BCUT2D eigenvalue weighted by atomic mass is 10.2. The Bertz CT molecular complexity index is 1040. The molecule has 0 unspecified atom stereocenters. The van der Waals surface area contributed by atoms with Gasteiger partial charge in [0, 0.05) is 31.6 Å². The first-order valence-electron chi connectivity index (χ1n) is 8.97. The van der Waals surface area contributed by atoms with Gasteiger partial charge in [0.15, 0.2) is 0 Å². The van der Waals surface area contributed by atoms with Crippen molar-refractivity contribution in [2.24, 2.45) is 0 Å². The molecule has 152 valence electrons. The van der Waals surface area contributed by atoms with E-state index in [1.54, 1.807) is 19.9 Å². The van der Waals surface area contributed by atoms with Gasteiger partial charge in [0.25, 0.3) is 0 Å². The molecule has 0 aliphatic carbocycles. The molecule has 0 radical (unpaired) electrons. The molecule has 1 aromatic heterocycles. The summed E-state index contributed by atoms with van der Waals surface area (Å²) in [5, 5.41) is 7.83. The fourth-order valence-electron chi connectivity index (χ4n) is 3.23. The second kappa shape index (κ2) is 8.16. The van der Waals surface area contributed by atoms with Crippen molar-refractivity contribution in [3.05, 3.63) is 52.7 Å². The largest absolute Gasteiger partial charge is 0.281 e. The highest BCUT2D eigenvalue weighted by Gasteiger charge is 2.32. The molecule has 0 spiro atoms. The highest BCUT2D eigenvalue weighted by atomic mass is 32.2. The van der Waals surface area contributed by atoms with Crippen LogP contribution in [-0.4, -0.2) is 61.8 Å². The number of H-pyrrole nitrogens is 1. The predicted octanol–water partition coefficient (Wildman–Crippen LogP) is 1.72. The van der Waals surface area contributed by atoms with Crippen molar-refractivity contribution in [1.29, 1.82) is 0 Å². The molecule has 1 aromatic carbocycles. The number of nitrogens with zero attached hydrogens (tertiary/aromatic N) is 3. The molecule has 0 atom stereocenters. The number of hydrogen-bond donors (Lipinski definition) is 1. The van der Waals surface area contributed by atoms with Gasteiger partial charge in [-0.15, -0.1) is 0 Å². The fraction of sp³-hybridized carbons (Fsp3) is 0.389. The van der Waals surface area contributed by atoms with Gasteiger partial charge < -0.3 is 0 Å². The minimum atomic E-state index is -3.73. The zero-order valence-electron chi connectivity index (χ0n) is 15.9. The van der Waals surface area contributed by atoms with E-state index in [2.05, 4.69) is 10.2 Å². The summed E-state index contributed by atoms with van der Waals surface area (Å²) in [5.74, 6) is 0. The zero-order chi connectivity index (χ0) is 20.4. The Morgan fingerprint density at radius 3 is 2.25 bits per heavy atom. The second-order valence-electron chi connectivity index (χ2n) is 6.68. The maximum absolute atomic E-state index is 13.0. The standard InChI is InChI=1S/C18H24N4O4S2/c1-15-18(16(2)20-19-15)28(25,26)22-11-6-10-21(12-13-22)27(23,24)14-9-17-7-4-3-5-8-17/h3-5,7-9,14H,6,10-13H2,1-2H3,(H,19,20)/b14-9+. The van der Waals surface area contributed by atoms with Crippen LogP contribution in [0, 0.1) is 13.8 Å². The maximum Gasteiger partial charge on any atom is 0.246 e. The van der Waals surface area contributed by atoms with Gasteiger partial charge in [0.05, 0.1) is 11.4 Å². The van der Waals surface area contributed by atoms with Crippen LogP contribution in [0.15, 0.2) is 40.6 Å². The van der Waals surface area contributed by atoms with Crippen LogP contribution >= 0.6 is 0 Å². The van der Waals surface area contributed by atoms with E-state index in [1.165, 1.54) is 14.0 Å². The molecule has 8 nitrogen and oxygen atoms in total. The van der Waals surface area contributed by atoms with Crippen molar-refractivity contribution in [3.63, 3.8) is 0 Å². The topological polar surface area (TPSA) is 103 Å². The van der Waals surface area contributed by atoms with Crippen LogP contribution in [-0.2, 0) is 20.0 Å². The van der Waals surface area contributed by atoms with Crippen molar-refractivity contribution in [3.8, 4) is 0 Å². The van der Waals surface area contributed by atoms with Crippen LogP contribution in [0.1, 0.15) is 23.4 Å². The number of sulfonamides is 2. The van der Waals surface area contributed by atoms with E-state index in [9.17, 15) is 16.8 Å². The molecule has 28 heavy (non-hydrogen) atoms. The van der Waals surface area contributed by atoms with E-state index in [-0.39, 0.29) is 31.1 Å². The van der Waals surface area contributed by atoms with Gasteiger partial charge in [-0.3, -0.25) is 5.10 Å². The van der Waals surface area contributed by atoms with Gasteiger partial charge in [0.1, 0.15) is 4.90 Å². The number of benzene rings is 1. The monoisotopic (exact) mass is 424 g/mol. The van der Waals surface area contributed by atoms with E-state index < -0.39 is 20.0 Å². The average Bonchev–Trinajstić information content (AvgIpc) is 2.87. The first kappa shape index (κ1) is 20.7. The third kappa shape index (κ3) is 4.35. The molecule has 0 saturated carbocycles. The molecule has 2 heterocycles. The predicted molar refractivity (Wildman–Crippen MR) is 107 cm³/mol. The van der Waals surface area contributed by atoms with Crippen LogP contribution < -0.4 is 0 Å². The molecule has 1 aliphatic rings. The molecule has 2 aromatic rings. The molecule has 1 aliphatic heterocycles. The highest BCUT2D eigenvalue weighted by molar-refractivity contribution is 7.92. The van der Waals surface area contributed by atoms with Gasteiger partial charge in [0.2, 0.25) is 20.0 Å². The van der Waals surface area contributed by atoms with Crippen LogP contribution in [0.4, 0.5) is 0 Å². The number of hydrogen-bond acceptors (Lipinski definition) is 5. The van der Waals surface area contributed by atoms with Crippen LogP contribution in [0.25, 0.3) is 6.08 Å². The summed E-state index contributed by atoms with van der Waals surface area (Å²) in [5.41, 5.74) is 1.69. The normalized spacial score (nSPS) is 17.8. The number of aromatic amines is 1. The summed E-state index contributed by atoms with van der Waals surface area (Å²) < 4.78 is 54.0. The van der Waals surface area contributed by atoms with Gasteiger partial charge in [-0.25, -0.2) is 16.8 Å². The van der Waals surface area contributed by atoms with E-state index >= 15 is 0 Å². The van der Waals surface area contributed by atoms with Crippen LogP contribution in [0.2, 0.25) is 0 Å². The third-order valence-corrected chi connectivity index (χ3v) is 8.39. The van der Waals surface area contributed by atoms with Gasteiger partial charge >= 0.3 is 0 Å². The molecule has 1 saturated heterocycles. The maximum atomic E-state index is 13.0. The lowest BCUT2D eigenvalue weighted by molar-refractivity contribution is 0.407. The minimum Gasteiger partial charge on any atom is -0.281 e. The highest BCUT2D eigenvalue weighted by Crippen LogP contribution is 2.23. The van der Waals surface area contributed by atoms with Crippen molar-refractivity contribution < 1.29 is 16.8 Å². The summed E-state index contributed by atoms with van der Waals surface area (Å²) in [6.45, 7) is 4.05. The first-order chi connectivity index (χ1) is 13.2. The molecule has 1 N–H and O–H groups in total. The molecular formula is C18H24N4O4S2. The molecule has 1 fully saturated rings. The number of aryl methyl sites for hydroxylation is 2. The van der Waals surface area contributed by atoms with Gasteiger partial charge in [-0.05, 0) is 31.9 Å². The molecule has 3 rings (SSSR count). The first-order valence-corrected chi connectivity index (χ1v) is 11.9. The fourth-order valence-corrected chi connectivity index (χ4v) is 6.25. The molecular weight excluding hydrogens is 400 g/mol. The van der Waals surface area contributed by atoms with E-state index in [1.807, 2.05) is 30.3 Å². The Morgan fingerprint density at radius 2 is 1.61 bits per heavy atom. The molecule has 0 bridgehead atoms. The van der Waals surface area contributed by atoms with Crippen molar-refractivity contribution in [2.45, 2.75) is 25.2 Å². The summed E-state index contributed by atoms with van der Waals surface area (Å²) in [6, 6.07) is 9.16. The Balaban J connectivity index is 1.75. The zero-order valence-corrected chi connectivity index (χ0v) is 17.5.